The minimum atomic E-state index is -3.81. The van der Waals surface area contributed by atoms with Crippen molar-refractivity contribution >= 4 is 21.9 Å². The summed E-state index contributed by atoms with van der Waals surface area (Å²) in [6, 6.07) is 13.9. The van der Waals surface area contributed by atoms with Crippen molar-refractivity contribution in [2.45, 2.75) is 23.6 Å². The van der Waals surface area contributed by atoms with Crippen LogP contribution in [-0.4, -0.2) is 51.9 Å². The molecular formula is C21H27NO4S2. The highest BCUT2D eigenvalue weighted by molar-refractivity contribution is 7.99. The lowest BCUT2D eigenvalue weighted by Gasteiger charge is -2.29. The molecule has 0 saturated carbocycles. The molecule has 2 aromatic rings. The third-order valence-electron chi connectivity index (χ3n) is 4.55. The first-order chi connectivity index (χ1) is 13.4. The first-order valence-electron chi connectivity index (χ1n) is 9.46. The maximum absolute atomic E-state index is 12.4. The summed E-state index contributed by atoms with van der Waals surface area (Å²) in [7, 11) is -3.81. The summed E-state index contributed by atoms with van der Waals surface area (Å²) in [6.07, 6.45) is 0. The van der Waals surface area contributed by atoms with Crippen LogP contribution < -0.4 is 4.18 Å². The molecule has 0 radical (unpaired) electrons. The van der Waals surface area contributed by atoms with Gasteiger partial charge >= 0.3 is 10.1 Å². The van der Waals surface area contributed by atoms with Crippen LogP contribution in [-0.2, 0) is 14.9 Å². The Kier molecular flexibility index (Phi) is 7.40. The lowest BCUT2D eigenvalue weighted by atomic mass is 10.2. The van der Waals surface area contributed by atoms with Crippen LogP contribution in [0.1, 0.15) is 12.5 Å². The molecule has 0 spiro atoms. The van der Waals surface area contributed by atoms with Gasteiger partial charge in [-0.25, -0.2) is 0 Å². The van der Waals surface area contributed by atoms with Crippen LogP contribution >= 0.6 is 11.8 Å². The summed E-state index contributed by atoms with van der Waals surface area (Å²) < 4.78 is 35.4. The fourth-order valence-corrected chi connectivity index (χ4v) is 4.83. The molecule has 152 valence electrons. The van der Waals surface area contributed by atoms with Gasteiger partial charge in [0.2, 0.25) is 0 Å². The van der Waals surface area contributed by atoms with E-state index in [1.807, 2.05) is 19.1 Å². The van der Waals surface area contributed by atoms with E-state index in [0.717, 1.165) is 49.1 Å². The molecule has 0 aliphatic carbocycles. The first kappa shape index (κ1) is 21.2. The van der Waals surface area contributed by atoms with E-state index in [9.17, 15) is 8.42 Å². The number of ether oxygens (including phenoxy) is 1. The molecule has 1 saturated heterocycles. The highest BCUT2D eigenvalue weighted by Gasteiger charge is 2.17. The second-order valence-corrected chi connectivity index (χ2v) is 9.79. The fraction of sp³-hybridized carbons (Fsp3) is 0.429. The Morgan fingerprint density at radius 3 is 2.36 bits per heavy atom. The van der Waals surface area contributed by atoms with Crippen molar-refractivity contribution in [3.63, 3.8) is 0 Å². The normalized spacial score (nSPS) is 16.6. The second kappa shape index (κ2) is 9.78. The van der Waals surface area contributed by atoms with Crippen LogP contribution in [0, 0.1) is 12.8 Å². The maximum atomic E-state index is 12.4. The lowest BCUT2D eigenvalue weighted by molar-refractivity contribution is 0.0331. The summed E-state index contributed by atoms with van der Waals surface area (Å²) in [5, 5.41) is 0. The van der Waals surface area contributed by atoms with Crippen molar-refractivity contribution in [1.29, 1.82) is 0 Å². The Hall–Kier alpha value is -1.54. The van der Waals surface area contributed by atoms with Crippen molar-refractivity contribution in [2.75, 3.05) is 38.6 Å². The largest absolute Gasteiger partial charge is 0.379 e. The molecule has 0 N–H and O–H groups in total. The molecule has 1 unspecified atom stereocenters. The van der Waals surface area contributed by atoms with E-state index in [2.05, 4.69) is 11.8 Å². The molecule has 1 fully saturated rings. The third-order valence-corrected chi connectivity index (χ3v) is 7.15. The number of hydrogen-bond donors (Lipinski definition) is 0. The van der Waals surface area contributed by atoms with Crippen LogP contribution in [0.4, 0.5) is 0 Å². The lowest BCUT2D eigenvalue weighted by Crippen LogP contribution is -2.39. The molecule has 3 rings (SSSR count). The minimum absolute atomic E-state index is 0.161. The van der Waals surface area contributed by atoms with E-state index >= 15 is 0 Å². The van der Waals surface area contributed by atoms with Gasteiger partial charge in [-0.05, 0) is 49.2 Å². The second-order valence-electron chi connectivity index (χ2n) is 7.15. The van der Waals surface area contributed by atoms with Crippen molar-refractivity contribution in [3.8, 4) is 5.75 Å². The number of hydrogen-bond acceptors (Lipinski definition) is 6. The topological polar surface area (TPSA) is 55.8 Å². The summed E-state index contributed by atoms with van der Waals surface area (Å²) >= 11 is 1.78. The van der Waals surface area contributed by atoms with E-state index in [0.29, 0.717) is 11.7 Å². The van der Waals surface area contributed by atoms with E-state index in [1.54, 1.807) is 48.2 Å². The van der Waals surface area contributed by atoms with E-state index in [-0.39, 0.29) is 4.90 Å². The molecule has 0 aromatic heterocycles. The Morgan fingerprint density at radius 2 is 1.71 bits per heavy atom. The van der Waals surface area contributed by atoms with Crippen LogP contribution in [0.3, 0.4) is 0 Å². The zero-order valence-electron chi connectivity index (χ0n) is 16.3. The van der Waals surface area contributed by atoms with Crippen LogP contribution in [0.15, 0.2) is 58.3 Å². The molecule has 7 heteroatoms. The number of aryl methyl sites for hydroxylation is 1. The fourth-order valence-electron chi connectivity index (χ4n) is 2.99. The molecule has 0 bridgehead atoms. The zero-order valence-corrected chi connectivity index (χ0v) is 18.0. The van der Waals surface area contributed by atoms with E-state index in [1.165, 1.54) is 0 Å². The Labute approximate surface area is 172 Å². The number of benzene rings is 2. The van der Waals surface area contributed by atoms with Gasteiger partial charge in [-0.2, -0.15) is 8.42 Å². The van der Waals surface area contributed by atoms with Crippen molar-refractivity contribution in [1.82, 2.24) is 4.90 Å². The predicted octanol–water partition coefficient (Wildman–Crippen LogP) is 3.82. The Bertz CT molecular complexity index is 845. The third kappa shape index (κ3) is 6.24. The molecule has 5 nitrogen and oxygen atoms in total. The van der Waals surface area contributed by atoms with Gasteiger partial charge < -0.3 is 8.92 Å². The number of rotatable bonds is 8. The first-order valence-corrected chi connectivity index (χ1v) is 11.9. The smallest absolute Gasteiger partial charge is 0.339 e. The highest BCUT2D eigenvalue weighted by Crippen LogP contribution is 2.25. The summed E-state index contributed by atoms with van der Waals surface area (Å²) in [4.78, 5) is 3.71. The molecule has 1 atom stereocenters. The molecule has 0 amide bonds. The van der Waals surface area contributed by atoms with Gasteiger partial charge in [0.25, 0.3) is 0 Å². The van der Waals surface area contributed by atoms with Gasteiger partial charge in [0.1, 0.15) is 10.6 Å². The molecule has 1 aliphatic heterocycles. The molecule has 1 aliphatic rings. The Balaban J connectivity index is 1.51. The van der Waals surface area contributed by atoms with E-state index in [4.69, 9.17) is 8.92 Å². The average Bonchev–Trinajstić information content (AvgIpc) is 2.68. The SMILES string of the molecule is Cc1ccc(S(=O)(=O)Oc2ccc(SCC(C)CN3CCOCC3)cc2)cc1. The molecule has 28 heavy (non-hydrogen) atoms. The highest BCUT2D eigenvalue weighted by atomic mass is 32.2. The number of morpholine rings is 1. The maximum Gasteiger partial charge on any atom is 0.339 e. The van der Waals surface area contributed by atoms with Crippen LogP contribution in [0.2, 0.25) is 0 Å². The predicted molar refractivity (Wildman–Crippen MR) is 113 cm³/mol. The van der Waals surface area contributed by atoms with Gasteiger partial charge in [0.05, 0.1) is 13.2 Å². The monoisotopic (exact) mass is 421 g/mol. The number of nitrogens with zero attached hydrogens (tertiary/aromatic N) is 1. The Morgan fingerprint density at radius 1 is 1.07 bits per heavy atom. The van der Waals surface area contributed by atoms with Gasteiger partial charge in [-0.15, -0.1) is 11.8 Å². The standard InChI is InChI=1S/C21H27NO4S2/c1-17-3-9-21(10-4-17)28(23,24)26-19-5-7-20(8-6-19)27-16-18(2)15-22-11-13-25-14-12-22/h3-10,18H,11-16H2,1-2H3. The number of thioether (sulfide) groups is 1. The van der Waals surface area contributed by atoms with Gasteiger partial charge in [0, 0.05) is 30.3 Å². The van der Waals surface area contributed by atoms with Gasteiger partial charge in [-0.1, -0.05) is 24.6 Å². The van der Waals surface area contributed by atoms with Crippen molar-refractivity contribution in [2.24, 2.45) is 5.92 Å². The van der Waals surface area contributed by atoms with Crippen LogP contribution in [0.25, 0.3) is 0 Å². The quantitative estimate of drug-likeness (QED) is 0.477. The summed E-state index contributed by atoms with van der Waals surface area (Å²) in [5.74, 6) is 1.91. The molecule has 1 heterocycles. The van der Waals surface area contributed by atoms with Crippen molar-refractivity contribution < 1.29 is 17.3 Å². The minimum Gasteiger partial charge on any atom is -0.379 e. The van der Waals surface area contributed by atoms with Gasteiger partial charge in [-0.3, -0.25) is 4.90 Å². The van der Waals surface area contributed by atoms with Crippen LogP contribution in [0.5, 0.6) is 5.75 Å². The summed E-state index contributed by atoms with van der Waals surface area (Å²) in [6.45, 7) is 8.92. The van der Waals surface area contributed by atoms with E-state index < -0.39 is 10.1 Å². The molecular weight excluding hydrogens is 394 g/mol. The molecule has 2 aromatic carbocycles. The van der Waals surface area contributed by atoms with Crippen molar-refractivity contribution in [3.05, 3.63) is 54.1 Å². The summed E-state index contributed by atoms with van der Waals surface area (Å²) in [5.41, 5.74) is 1.00. The zero-order chi connectivity index (χ0) is 20.0. The average molecular weight is 422 g/mol. The van der Waals surface area contributed by atoms with Gasteiger partial charge in [0.15, 0.2) is 0 Å².